The van der Waals surface area contributed by atoms with Gasteiger partial charge in [0, 0.05) is 79.7 Å². The second-order valence-electron chi connectivity index (χ2n) is 20.7. The number of hydrogen-bond acceptors (Lipinski definition) is 13. The molecule has 8 rings (SSSR count). The van der Waals surface area contributed by atoms with Crippen molar-refractivity contribution in [3.63, 3.8) is 0 Å². The van der Waals surface area contributed by atoms with E-state index in [1.54, 1.807) is 48.8 Å². The van der Waals surface area contributed by atoms with Gasteiger partial charge in [-0.3, -0.25) is 29.0 Å². The van der Waals surface area contributed by atoms with E-state index in [0.29, 0.717) is 65.3 Å². The van der Waals surface area contributed by atoms with Crippen molar-refractivity contribution in [1.82, 2.24) is 15.1 Å². The van der Waals surface area contributed by atoms with Crippen molar-refractivity contribution in [3.05, 3.63) is 89.3 Å². The number of methoxy groups -OCH3 is 2. The number of anilines is 2. The first-order valence-electron chi connectivity index (χ1n) is 24.4. The van der Waals surface area contributed by atoms with Crippen LogP contribution in [0.3, 0.4) is 0 Å². The second-order valence-corrected chi connectivity index (χ2v) is 31.9. The third-order valence-corrected chi connectivity index (χ3v) is 16.4. The summed E-state index contributed by atoms with van der Waals surface area (Å²) < 4.78 is 47.6. The highest BCUT2D eigenvalue weighted by Crippen LogP contribution is 2.44. The third kappa shape index (κ3) is 12.0. The van der Waals surface area contributed by atoms with Crippen LogP contribution in [0.1, 0.15) is 45.5 Å². The molecular formula is C52H65N5O14Si2. The molecule has 0 bridgehead atoms. The summed E-state index contributed by atoms with van der Waals surface area (Å²) in [4.78, 5) is 74.7. The first kappa shape index (κ1) is 52.5. The van der Waals surface area contributed by atoms with Crippen molar-refractivity contribution in [2.75, 3.05) is 77.2 Å². The van der Waals surface area contributed by atoms with Crippen molar-refractivity contribution in [2.24, 2.45) is 0 Å². The van der Waals surface area contributed by atoms with E-state index in [9.17, 15) is 24.0 Å². The van der Waals surface area contributed by atoms with Gasteiger partial charge in [-0.2, -0.15) is 0 Å². The number of carbonyl (C=O) groups excluding carboxylic acids is 4. The van der Waals surface area contributed by atoms with Crippen molar-refractivity contribution in [2.45, 2.75) is 82.7 Å². The number of fused-ring (bicyclic) bond motifs is 5. The number of benzene rings is 3. The number of rotatable bonds is 22. The Balaban J connectivity index is 1.00. The third-order valence-electron chi connectivity index (χ3n) is 13.0. The van der Waals surface area contributed by atoms with Gasteiger partial charge in [-0.05, 0) is 53.1 Å². The molecule has 5 aliphatic rings. The van der Waals surface area contributed by atoms with E-state index in [1.165, 1.54) is 33.8 Å². The molecule has 2 N–H and O–H groups in total. The maximum Gasteiger partial charge on any atom is 0.404 e. The highest BCUT2D eigenvalue weighted by Gasteiger charge is 2.45. The largest absolute Gasteiger partial charge is 0.493 e. The Bertz CT molecular complexity index is 2730. The topological polar surface area (TPSA) is 204 Å². The minimum atomic E-state index is -1.47. The number of amides is 5. The Morgan fingerprint density at radius 1 is 0.699 bits per heavy atom. The van der Waals surface area contributed by atoms with Crippen LogP contribution in [0, 0.1) is 0 Å². The smallest absolute Gasteiger partial charge is 0.404 e. The fourth-order valence-electron chi connectivity index (χ4n) is 8.89. The molecule has 0 unspecified atom stereocenters. The summed E-state index contributed by atoms with van der Waals surface area (Å²) in [7, 11) is 0.0124. The molecule has 5 amide bonds. The van der Waals surface area contributed by atoms with Crippen LogP contribution in [0.15, 0.2) is 72.6 Å². The second kappa shape index (κ2) is 22.1. The summed E-state index contributed by atoms with van der Waals surface area (Å²) in [6, 6.07) is 12.1. The molecular weight excluding hydrogens is 975 g/mol. The van der Waals surface area contributed by atoms with Gasteiger partial charge in [-0.15, -0.1) is 0 Å². The Morgan fingerprint density at radius 2 is 1.23 bits per heavy atom. The molecule has 2 atom stereocenters. The molecule has 3 aromatic rings. The van der Waals surface area contributed by atoms with Gasteiger partial charge in [0.15, 0.2) is 34.5 Å². The number of ether oxygens (including phenoxy) is 8. The number of hydrogen-bond donors (Lipinski definition) is 2. The normalized spacial score (nSPS) is 18.2. The van der Waals surface area contributed by atoms with Gasteiger partial charge in [0.25, 0.3) is 23.6 Å². The zero-order valence-corrected chi connectivity index (χ0v) is 44.7. The van der Waals surface area contributed by atoms with Gasteiger partial charge in [-0.1, -0.05) is 57.5 Å². The average Bonchev–Trinajstić information content (AvgIpc) is 4.11. The van der Waals surface area contributed by atoms with Crippen molar-refractivity contribution >= 4 is 62.8 Å². The maximum atomic E-state index is 14.6. The molecule has 3 aromatic carbocycles. The standard InChI is InChI=1S/C52H65N5O14Si2/c1-64-43-24-36-38(56(30-66-17-19-72(3,4)5)50(60)40-21-33(28-54(40)48(36)58)11-9-14-53-52(62)63)26-46(43)68-15-10-16-69-47-27-39-37(25-44(47)65-2)49(59)55-29-35(34-12-13-42-45(23-34)71-32-70-42)22-41(55)51(61)57(39)31-67-18-20-73(6,7)8/h9,11-13,23-29,40-41,53H,10,14-22,30-32H2,1-8H3,(H,62,63)/b11-9+/t40-,41-/m0/s1. The molecule has 73 heavy (non-hydrogen) atoms. The van der Waals surface area contributed by atoms with Crippen LogP contribution in [0.5, 0.6) is 34.5 Å². The van der Waals surface area contributed by atoms with E-state index in [2.05, 4.69) is 44.6 Å². The average molecular weight is 1040 g/mol. The van der Waals surface area contributed by atoms with Crippen molar-refractivity contribution in [1.29, 1.82) is 0 Å². The number of carboxylic acid groups (broad SMARTS) is 1. The molecule has 0 saturated heterocycles. The van der Waals surface area contributed by atoms with Crippen LogP contribution < -0.4 is 43.5 Å². The number of nitrogens with one attached hydrogen (secondary N) is 1. The summed E-state index contributed by atoms with van der Waals surface area (Å²) in [6.07, 6.45) is 6.37. The lowest BCUT2D eigenvalue weighted by molar-refractivity contribution is -0.123. The number of allylic oxidation sites excluding steroid dienone is 1. The predicted octanol–water partition coefficient (Wildman–Crippen LogP) is 7.78. The summed E-state index contributed by atoms with van der Waals surface area (Å²) in [5.74, 6) is 0.975. The Kier molecular flexibility index (Phi) is 15.9. The fraction of sp³-hybridized carbons (Fsp3) is 0.442. The molecule has 0 spiro atoms. The molecule has 0 radical (unpaired) electrons. The van der Waals surface area contributed by atoms with E-state index in [0.717, 1.165) is 23.2 Å². The highest BCUT2D eigenvalue weighted by molar-refractivity contribution is 6.76. The monoisotopic (exact) mass is 1040 g/mol. The van der Waals surface area contributed by atoms with Crippen LogP contribution in [-0.4, -0.2) is 140 Å². The van der Waals surface area contributed by atoms with Gasteiger partial charge in [-0.25, -0.2) is 4.79 Å². The van der Waals surface area contributed by atoms with Crippen LogP contribution >= 0.6 is 0 Å². The van der Waals surface area contributed by atoms with E-state index >= 15 is 0 Å². The molecule has 0 saturated carbocycles. The highest BCUT2D eigenvalue weighted by atomic mass is 28.3. The van der Waals surface area contributed by atoms with Crippen LogP contribution in [-0.2, 0) is 19.1 Å². The van der Waals surface area contributed by atoms with Crippen molar-refractivity contribution < 1.29 is 67.0 Å². The summed E-state index contributed by atoms with van der Waals surface area (Å²) in [5.41, 5.74) is 3.43. The van der Waals surface area contributed by atoms with Gasteiger partial charge in [0.2, 0.25) is 6.79 Å². The quantitative estimate of drug-likeness (QED) is 0.0729. The number of carbonyl (C=O) groups is 5. The lowest BCUT2D eigenvalue weighted by Gasteiger charge is -2.27. The SMILES string of the molecule is COc1cc2c(cc1OCCCOc1cc3c(cc1OC)C(=O)N1C=C(c4ccc5c(c4)OCO5)C[C@H]1C(=O)N3COCC[Si](C)(C)C)N(COCC[Si](C)(C)C)C(=O)[C@@H]1CC(/C=C/CNC(=O)O)=CN1C2=O. The first-order chi connectivity index (χ1) is 34.8. The Hall–Kier alpha value is -6.82. The lowest BCUT2D eigenvalue weighted by Crippen LogP contribution is -2.45. The number of nitrogens with zero attached hydrogens (tertiary/aromatic N) is 4. The Labute approximate surface area is 427 Å². The zero-order chi connectivity index (χ0) is 52.2. The summed E-state index contributed by atoms with van der Waals surface area (Å²) in [5, 5.41) is 11.2. The molecule has 19 nitrogen and oxygen atoms in total. The molecule has 21 heteroatoms. The molecule has 5 aliphatic heterocycles. The minimum absolute atomic E-state index is 0.0651. The zero-order valence-electron chi connectivity index (χ0n) is 42.7. The van der Waals surface area contributed by atoms with Gasteiger partial charge >= 0.3 is 6.09 Å². The molecule has 0 aromatic heterocycles. The van der Waals surface area contributed by atoms with E-state index in [1.807, 2.05) is 18.2 Å². The first-order valence-corrected chi connectivity index (χ1v) is 31.8. The molecule has 0 aliphatic carbocycles. The van der Waals surface area contributed by atoms with Gasteiger partial charge < -0.3 is 58.1 Å². The maximum absolute atomic E-state index is 14.6. The molecule has 0 fully saturated rings. The van der Waals surface area contributed by atoms with Crippen molar-refractivity contribution in [3.8, 4) is 34.5 Å². The summed E-state index contributed by atoms with van der Waals surface area (Å²) in [6.45, 7) is 14.6. The molecule has 5 heterocycles. The van der Waals surface area contributed by atoms with Gasteiger partial charge in [0.05, 0.1) is 49.9 Å². The van der Waals surface area contributed by atoms with E-state index in [4.69, 9.17) is 43.0 Å². The van der Waals surface area contributed by atoms with E-state index < -0.39 is 40.2 Å². The lowest BCUT2D eigenvalue weighted by atomic mass is 10.0. The van der Waals surface area contributed by atoms with E-state index in [-0.39, 0.29) is 87.5 Å². The van der Waals surface area contributed by atoms with Crippen LogP contribution in [0.4, 0.5) is 16.2 Å². The fourth-order valence-corrected chi connectivity index (χ4v) is 10.4. The van der Waals surface area contributed by atoms with Gasteiger partial charge in [0.1, 0.15) is 25.5 Å². The summed E-state index contributed by atoms with van der Waals surface area (Å²) >= 11 is 0. The minimum Gasteiger partial charge on any atom is -0.493 e. The molecule has 390 valence electrons. The van der Waals surface area contributed by atoms with Crippen LogP contribution in [0.2, 0.25) is 51.4 Å². The van der Waals surface area contributed by atoms with Crippen LogP contribution in [0.25, 0.3) is 5.57 Å². The predicted molar refractivity (Wildman–Crippen MR) is 277 cm³/mol. The Morgan fingerprint density at radius 3 is 1.77 bits per heavy atom.